The molecule has 1 heterocycles. The minimum Gasteiger partial charge on any atom is -0.375 e. The van der Waals surface area contributed by atoms with Gasteiger partial charge in [0.2, 0.25) is 0 Å². The van der Waals surface area contributed by atoms with Gasteiger partial charge in [-0.2, -0.15) is 11.8 Å². The van der Waals surface area contributed by atoms with Gasteiger partial charge in [-0.3, -0.25) is 11.3 Å². The predicted octanol–water partition coefficient (Wildman–Crippen LogP) is 1.78. The molecule has 2 atom stereocenters. The lowest BCUT2D eigenvalue weighted by molar-refractivity contribution is 0.0439. The maximum atomic E-state index is 5.73. The van der Waals surface area contributed by atoms with Crippen LogP contribution in [0.25, 0.3) is 0 Å². The van der Waals surface area contributed by atoms with Gasteiger partial charge in [0.1, 0.15) is 0 Å². The summed E-state index contributed by atoms with van der Waals surface area (Å²) in [6, 6.07) is 0.330. The number of rotatable bonds is 6. The number of hydrazine groups is 1. The van der Waals surface area contributed by atoms with E-state index in [-0.39, 0.29) is 0 Å². The van der Waals surface area contributed by atoms with Gasteiger partial charge in [0, 0.05) is 17.5 Å². The molecule has 90 valence electrons. The van der Waals surface area contributed by atoms with Gasteiger partial charge in [0.05, 0.1) is 12.7 Å². The van der Waals surface area contributed by atoms with Crippen molar-refractivity contribution in [3.05, 3.63) is 0 Å². The Hall–Kier alpha value is 0.230. The van der Waals surface area contributed by atoms with E-state index in [9.17, 15) is 0 Å². The molecule has 4 heteroatoms. The minimum atomic E-state index is 0.306. The highest BCUT2D eigenvalue weighted by Crippen LogP contribution is 2.19. The monoisotopic (exact) mass is 232 g/mol. The van der Waals surface area contributed by atoms with Crippen LogP contribution in [0.4, 0.5) is 0 Å². The molecular weight excluding hydrogens is 208 g/mol. The Morgan fingerprint density at radius 3 is 2.80 bits per heavy atom. The van der Waals surface area contributed by atoms with Gasteiger partial charge in [-0.25, -0.2) is 0 Å². The average molecular weight is 232 g/mol. The predicted molar refractivity (Wildman–Crippen MR) is 66.9 cm³/mol. The third-order valence-corrected chi connectivity index (χ3v) is 3.82. The number of ether oxygens (including phenoxy) is 1. The third kappa shape index (κ3) is 5.20. The lowest BCUT2D eigenvalue weighted by Crippen LogP contribution is -2.47. The topological polar surface area (TPSA) is 47.3 Å². The van der Waals surface area contributed by atoms with Crippen LogP contribution >= 0.6 is 11.8 Å². The fourth-order valence-corrected chi connectivity index (χ4v) is 2.80. The Labute approximate surface area is 97.5 Å². The highest BCUT2D eigenvalue weighted by Gasteiger charge is 2.23. The van der Waals surface area contributed by atoms with Gasteiger partial charge in [0.15, 0.2) is 0 Å². The van der Waals surface area contributed by atoms with Crippen LogP contribution in [0, 0.1) is 5.92 Å². The van der Waals surface area contributed by atoms with Gasteiger partial charge in [-0.05, 0) is 12.3 Å². The van der Waals surface area contributed by atoms with E-state index >= 15 is 0 Å². The molecule has 0 radical (unpaired) electrons. The Kier molecular flexibility index (Phi) is 6.64. The van der Waals surface area contributed by atoms with E-state index in [2.05, 4.69) is 19.3 Å². The molecule has 1 aliphatic heterocycles. The van der Waals surface area contributed by atoms with Gasteiger partial charge in [-0.15, -0.1) is 0 Å². The largest absolute Gasteiger partial charge is 0.375 e. The Bertz CT molecular complexity index is 161. The summed E-state index contributed by atoms with van der Waals surface area (Å²) >= 11 is 1.97. The molecule has 1 fully saturated rings. The van der Waals surface area contributed by atoms with Crippen molar-refractivity contribution in [2.24, 2.45) is 11.8 Å². The zero-order chi connectivity index (χ0) is 11.1. The van der Waals surface area contributed by atoms with Crippen molar-refractivity contribution in [1.82, 2.24) is 5.43 Å². The van der Waals surface area contributed by atoms with Crippen molar-refractivity contribution in [3.63, 3.8) is 0 Å². The summed E-state index contributed by atoms with van der Waals surface area (Å²) < 4.78 is 5.73. The van der Waals surface area contributed by atoms with Crippen LogP contribution in [0.1, 0.15) is 33.1 Å². The second-order valence-corrected chi connectivity index (χ2v) is 5.73. The zero-order valence-electron chi connectivity index (χ0n) is 9.87. The normalized spacial score (nSPS) is 24.4. The summed E-state index contributed by atoms with van der Waals surface area (Å²) in [6.45, 7) is 5.40. The number of thioether (sulfide) groups is 1. The lowest BCUT2D eigenvalue weighted by Gasteiger charge is -2.29. The zero-order valence-corrected chi connectivity index (χ0v) is 10.7. The highest BCUT2D eigenvalue weighted by atomic mass is 32.2. The first-order valence-electron chi connectivity index (χ1n) is 5.89. The molecule has 1 aliphatic rings. The van der Waals surface area contributed by atoms with Crippen LogP contribution in [0.5, 0.6) is 0 Å². The highest BCUT2D eigenvalue weighted by molar-refractivity contribution is 7.99. The van der Waals surface area contributed by atoms with Crippen LogP contribution in [0.3, 0.4) is 0 Å². The van der Waals surface area contributed by atoms with Crippen LogP contribution in [0.2, 0.25) is 0 Å². The van der Waals surface area contributed by atoms with Crippen molar-refractivity contribution in [2.45, 2.75) is 45.3 Å². The van der Waals surface area contributed by atoms with Crippen LogP contribution in [-0.2, 0) is 4.74 Å². The molecule has 0 aromatic rings. The summed E-state index contributed by atoms with van der Waals surface area (Å²) in [6.07, 6.45) is 3.94. The van der Waals surface area contributed by atoms with E-state index in [1.165, 1.54) is 12.8 Å². The fourth-order valence-electron chi connectivity index (χ4n) is 1.86. The van der Waals surface area contributed by atoms with Crippen molar-refractivity contribution >= 4 is 11.8 Å². The Morgan fingerprint density at radius 1 is 1.47 bits per heavy atom. The maximum absolute atomic E-state index is 5.73. The van der Waals surface area contributed by atoms with E-state index in [1.54, 1.807) is 0 Å². The molecule has 0 bridgehead atoms. The summed E-state index contributed by atoms with van der Waals surface area (Å²) in [5, 5.41) is 0. The fraction of sp³-hybridized carbons (Fsp3) is 1.00. The quantitative estimate of drug-likeness (QED) is 0.541. The maximum Gasteiger partial charge on any atom is 0.0832 e. The van der Waals surface area contributed by atoms with Crippen molar-refractivity contribution in [3.8, 4) is 0 Å². The summed E-state index contributed by atoms with van der Waals surface area (Å²) in [5.74, 6) is 8.57. The molecule has 3 N–H and O–H groups in total. The molecule has 1 saturated heterocycles. The van der Waals surface area contributed by atoms with E-state index in [0.717, 1.165) is 30.5 Å². The number of hydrogen-bond donors (Lipinski definition) is 2. The molecule has 3 nitrogen and oxygen atoms in total. The number of nitrogens with two attached hydrogens (primary N) is 1. The van der Waals surface area contributed by atoms with Crippen LogP contribution < -0.4 is 11.3 Å². The molecule has 0 aromatic heterocycles. The Balaban J connectivity index is 2.21. The van der Waals surface area contributed by atoms with Gasteiger partial charge in [0.25, 0.3) is 0 Å². The van der Waals surface area contributed by atoms with Gasteiger partial charge >= 0.3 is 0 Å². The minimum absolute atomic E-state index is 0.306. The number of nitrogens with one attached hydrogen (secondary N) is 1. The van der Waals surface area contributed by atoms with Crippen LogP contribution in [0.15, 0.2) is 0 Å². The molecule has 1 rings (SSSR count). The Morgan fingerprint density at radius 2 is 2.27 bits per heavy atom. The first kappa shape index (κ1) is 13.3. The second kappa shape index (κ2) is 7.49. The standard InChI is InChI=1S/C11H24N2OS/c1-9(2)4-3-5-10(13-12)11-8-15-7-6-14-11/h9-11,13H,3-8,12H2,1-2H3. The summed E-state index contributed by atoms with van der Waals surface area (Å²) in [7, 11) is 0. The smallest absolute Gasteiger partial charge is 0.0832 e. The molecule has 15 heavy (non-hydrogen) atoms. The van der Waals surface area contributed by atoms with E-state index in [1.807, 2.05) is 11.8 Å². The molecule has 0 aromatic carbocycles. The summed E-state index contributed by atoms with van der Waals surface area (Å²) in [4.78, 5) is 0. The molecule has 0 amide bonds. The van der Waals surface area contributed by atoms with Crippen molar-refractivity contribution in [2.75, 3.05) is 18.1 Å². The molecular formula is C11H24N2OS. The van der Waals surface area contributed by atoms with Crippen molar-refractivity contribution < 1.29 is 4.74 Å². The average Bonchev–Trinajstić information content (AvgIpc) is 2.25. The van der Waals surface area contributed by atoms with E-state index in [4.69, 9.17) is 10.6 Å². The van der Waals surface area contributed by atoms with Gasteiger partial charge < -0.3 is 4.74 Å². The molecule has 0 spiro atoms. The van der Waals surface area contributed by atoms with Crippen molar-refractivity contribution in [1.29, 1.82) is 0 Å². The number of hydrogen-bond acceptors (Lipinski definition) is 4. The first-order valence-corrected chi connectivity index (χ1v) is 7.05. The van der Waals surface area contributed by atoms with E-state index < -0.39 is 0 Å². The second-order valence-electron chi connectivity index (χ2n) is 4.58. The third-order valence-electron chi connectivity index (χ3n) is 2.80. The lowest BCUT2D eigenvalue weighted by atomic mass is 10.0. The van der Waals surface area contributed by atoms with Gasteiger partial charge in [-0.1, -0.05) is 26.7 Å². The van der Waals surface area contributed by atoms with E-state index in [0.29, 0.717) is 12.1 Å². The first-order chi connectivity index (χ1) is 7.24. The molecule has 0 saturated carbocycles. The molecule has 0 aliphatic carbocycles. The SMILES string of the molecule is CC(C)CCCC(NN)C1CSCCO1. The molecule has 2 unspecified atom stereocenters. The summed E-state index contributed by atoms with van der Waals surface area (Å²) in [5.41, 5.74) is 2.91. The van der Waals surface area contributed by atoms with Crippen LogP contribution in [-0.4, -0.2) is 30.3 Å².